The maximum absolute atomic E-state index is 10.7. The van der Waals surface area contributed by atoms with E-state index in [4.69, 9.17) is 17.3 Å². The molecule has 1 aromatic carbocycles. The molecular weight excluding hydrogens is 216 g/mol. The van der Waals surface area contributed by atoms with Crippen LogP contribution in [0.25, 0.3) is 0 Å². The molecule has 1 rings (SSSR count). The zero-order chi connectivity index (χ0) is 11.3. The maximum Gasteiger partial charge on any atom is 0.286 e. The molecule has 0 aromatic heterocycles. The maximum atomic E-state index is 10.7. The van der Waals surface area contributed by atoms with Gasteiger partial charge in [0.1, 0.15) is 5.56 Å². The summed E-state index contributed by atoms with van der Waals surface area (Å²) in [6, 6.07) is 4.39. The smallest absolute Gasteiger partial charge is 0.286 e. The van der Waals surface area contributed by atoms with Crippen LogP contribution in [0.1, 0.15) is 12.0 Å². The molecule has 0 aliphatic carbocycles. The number of hydrogen-bond donors (Lipinski definition) is 1. The predicted molar refractivity (Wildman–Crippen MR) is 58.7 cm³/mol. The second-order valence-corrected chi connectivity index (χ2v) is 3.20. The average molecular weight is 225 g/mol. The first-order valence-electron chi connectivity index (χ1n) is 4.28. The van der Waals surface area contributed by atoms with E-state index in [0.717, 1.165) is 0 Å². The molecule has 2 N–H and O–H groups in total. The molecule has 0 amide bonds. The number of rotatable bonds is 2. The van der Waals surface area contributed by atoms with E-state index >= 15 is 0 Å². The van der Waals surface area contributed by atoms with Crippen molar-refractivity contribution in [2.24, 2.45) is 5.73 Å². The van der Waals surface area contributed by atoms with Gasteiger partial charge in [-0.05, 0) is 12.1 Å². The summed E-state index contributed by atoms with van der Waals surface area (Å²) in [5.74, 6) is 5.44. The van der Waals surface area contributed by atoms with E-state index in [0.29, 0.717) is 23.6 Å². The third kappa shape index (κ3) is 3.24. The Morgan fingerprint density at radius 3 is 2.87 bits per heavy atom. The van der Waals surface area contributed by atoms with Crippen LogP contribution >= 0.6 is 11.6 Å². The van der Waals surface area contributed by atoms with Crippen LogP contribution in [0.2, 0.25) is 5.02 Å². The third-order valence-corrected chi connectivity index (χ3v) is 1.88. The predicted octanol–water partition coefficient (Wildman–Crippen LogP) is 1.95. The highest BCUT2D eigenvalue weighted by Gasteiger charge is 2.11. The normalized spacial score (nSPS) is 9.20. The quantitative estimate of drug-likeness (QED) is 0.474. The van der Waals surface area contributed by atoms with Gasteiger partial charge in [-0.25, -0.2) is 0 Å². The Morgan fingerprint density at radius 1 is 1.53 bits per heavy atom. The summed E-state index contributed by atoms with van der Waals surface area (Å²) in [6.45, 7) is 0.439. The molecule has 0 atom stereocenters. The first-order valence-corrected chi connectivity index (χ1v) is 4.66. The number of nitrogens with zero attached hydrogens (tertiary/aromatic N) is 1. The molecule has 0 heterocycles. The first-order chi connectivity index (χ1) is 7.15. The van der Waals surface area contributed by atoms with E-state index < -0.39 is 4.92 Å². The minimum atomic E-state index is -0.502. The molecule has 0 fully saturated rings. The zero-order valence-corrected chi connectivity index (χ0v) is 8.62. The lowest BCUT2D eigenvalue weighted by Crippen LogP contribution is -1.96. The molecule has 1 aromatic rings. The van der Waals surface area contributed by atoms with Gasteiger partial charge in [0, 0.05) is 24.1 Å². The molecule has 0 saturated heterocycles. The molecule has 0 aliphatic heterocycles. The van der Waals surface area contributed by atoms with Crippen molar-refractivity contribution >= 4 is 17.3 Å². The van der Waals surface area contributed by atoms with E-state index in [-0.39, 0.29) is 5.69 Å². The summed E-state index contributed by atoms with van der Waals surface area (Å²) in [5, 5.41) is 11.0. The van der Waals surface area contributed by atoms with Gasteiger partial charge in [-0.1, -0.05) is 23.4 Å². The highest BCUT2D eigenvalue weighted by Crippen LogP contribution is 2.22. The van der Waals surface area contributed by atoms with Crippen LogP contribution in [0.4, 0.5) is 5.69 Å². The number of nitrogens with two attached hydrogens (primary N) is 1. The van der Waals surface area contributed by atoms with Crippen LogP contribution in [-0.4, -0.2) is 11.5 Å². The molecular formula is C10H9ClN2O2. The largest absolute Gasteiger partial charge is 0.330 e. The monoisotopic (exact) mass is 224 g/mol. The van der Waals surface area contributed by atoms with Crippen molar-refractivity contribution in [2.75, 3.05) is 6.54 Å². The number of benzene rings is 1. The second-order valence-electron chi connectivity index (χ2n) is 2.76. The summed E-state index contributed by atoms with van der Waals surface area (Å²) >= 11 is 5.65. The number of hydrogen-bond acceptors (Lipinski definition) is 3. The molecule has 0 aliphatic rings. The lowest BCUT2D eigenvalue weighted by atomic mass is 10.2. The Bertz CT molecular complexity index is 435. The highest BCUT2D eigenvalue weighted by atomic mass is 35.5. The van der Waals surface area contributed by atoms with E-state index in [1.165, 1.54) is 12.1 Å². The summed E-state index contributed by atoms with van der Waals surface area (Å²) in [6.07, 6.45) is 0.514. The molecule has 4 nitrogen and oxygen atoms in total. The Balaban J connectivity index is 3.08. The van der Waals surface area contributed by atoms with Crippen molar-refractivity contribution in [1.82, 2.24) is 0 Å². The van der Waals surface area contributed by atoms with Gasteiger partial charge < -0.3 is 5.73 Å². The van der Waals surface area contributed by atoms with Crippen molar-refractivity contribution in [1.29, 1.82) is 0 Å². The fraction of sp³-hybridized carbons (Fsp3) is 0.200. The van der Waals surface area contributed by atoms with Gasteiger partial charge in [0.15, 0.2) is 0 Å². The Hall–Kier alpha value is -1.57. The van der Waals surface area contributed by atoms with Crippen LogP contribution in [0.3, 0.4) is 0 Å². The van der Waals surface area contributed by atoms with Gasteiger partial charge in [-0.3, -0.25) is 10.1 Å². The average Bonchev–Trinajstić information content (AvgIpc) is 2.20. The molecule has 0 unspecified atom stereocenters. The van der Waals surface area contributed by atoms with Gasteiger partial charge >= 0.3 is 0 Å². The van der Waals surface area contributed by atoms with Crippen LogP contribution in [0.5, 0.6) is 0 Å². The summed E-state index contributed by atoms with van der Waals surface area (Å²) in [5.41, 5.74) is 5.54. The second kappa shape index (κ2) is 5.35. The summed E-state index contributed by atoms with van der Waals surface area (Å²) in [4.78, 5) is 10.2. The molecule has 15 heavy (non-hydrogen) atoms. The van der Waals surface area contributed by atoms with Gasteiger partial charge in [0.05, 0.1) is 4.92 Å². The van der Waals surface area contributed by atoms with Crippen LogP contribution in [0, 0.1) is 22.0 Å². The van der Waals surface area contributed by atoms with Crippen LogP contribution in [0.15, 0.2) is 18.2 Å². The van der Waals surface area contributed by atoms with Crippen molar-refractivity contribution < 1.29 is 4.92 Å². The van der Waals surface area contributed by atoms with E-state index in [9.17, 15) is 10.1 Å². The fourth-order valence-corrected chi connectivity index (χ4v) is 1.16. The van der Waals surface area contributed by atoms with E-state index in [2.05, 4.69) is 11.8 Å². The first kappa shape index (κ1) is 11.5. The van der Waals surface area contributed by atoms with Crippen molar-refractivity contribution in [2.45, 2.75) is 6.42 Å². The molecule has 0 radical (unpaired) electrons. The Morgan fingerprint density at radius 2 is 2.27 bits per heavy atom. The minimum Gasteiger partial charge on any atom is -0.330 e. The lowest BCUT2D eigenvalue weighted by Gasteiger charge is -1.95. The van der Waals surface area contributed by atoms with Gasteiger partial charge in [-0.2, -0.15) is 0 Å². The number of halogens is 1. The van der Waals surface area contributed by atoms with Gasteiger partial charge in [0.25, 0.3) is 5.69 Å². The van der Waals surface area contributed by atoms with E-state index in [1.54, 1.807) is 6.07 Å². The SMILES string of the molecule is NCCC#Cc1ccc(Cl)cc1[N+](=O)[O-]. The Labute approximate surface area is 92.2 Å². The van der Waals surface area contributed by atoms with Crippen molar-refractivity contribution in [3.8, 4) is 11.8 Å². The van der Waals surface area contributed by atoms with Crippen LogP contribution in [-0.2, 0) is 0 Å². The zero-order valence-electron chi connectivity index (χ0n) is 7.87. The molecule has 0 saturated carbocycles. The fourth-order valence-electron chi connectivity index (χ4n) is 0.991. The van der Waals surface area contributed by atoms with Crippen molar-refractivity contribution in [3.63, 3.8) is 0 Å². The lowest BCUT2D eigenvalue weighted by molar-refractivity contribution is -0.385. The summed E-state index contributed by atoms with van der Waals surface area (Å²) in [7, 11) is 0. The highest BCUT2D eigenvalue weighted by molar-refractivity contribution is 6.30. The molecule has 5 heteroatoms. The molecule has 78 valence electrons. The topological polar surface area (TPSA) is 69.2 Å². The van der Waals surface area contributed by atoms with Crippen molar-refractivity contribution in [3.05, 3.63) is 38.9 Å². The van der Waals surface area contributed by atoms with Crippen LogP contribution < -0.4 is 5.73 Å². The van der Waals surface area contributed by atoms with Gasteiger partial charge in [-0.15, -0.1) is 0 Å². The van der Waals surface area contributed by atoms with Gasteiger partial charge in [0.2, 0.25) is 0 Å². The summed E-state index contributed by atoms with van der Waals surface area (Å²) < 4.78 is 0. The third-order valence-electron chi connectivity index (χ3n) is 1.65. The molecule has 0 bridgehead atoms. The van der Waals surface area contributed by atoms with E-state index in [1.807, 2.05) is 0 Å². The standard InChI is InChI=1S/C10H9ClN2O2/c11-9-5-4-8(3-1-2-6-12)10(7-9)13(14)15/h4-5,7H,2,6,12H2. The molecule has 0 spiro atoms. The minimum absolute atomic E-state index is 0.0768. The Kier molecular flexibility index (Phi) is 4.10. The number of nitro groups is 1. The number of nitro benzene ring substituents is 1.